The third kappa shape index (κ3) is 4.74. The highest BCUT2D eigenvalue weighted by Gasteiger charge is 2.47. The molecule has 1 N–H and O–H groups in total. The minimum Gasteiger partial charge on any atom is -0.489 e. The molecule has 4 heteroatoms. The maximum Gasteiger partial charge on any atom is 0.235 e. The number of carbonyl (C=O) groups excluding carboxylic acids is 1. The van der Waals surface area contributed by atoms with E-state index in [1.807, 2.05) is 54.6 Å². The van der Waals surface area contributed by atoms with Crippen molar-refractivity contribution in [3.8, 4) is 5.75 Å². The van der Waals surface area contributed by atoms with Crippen LogP contribution in [0.15, 0.2) is 54.6 Å². The summed E-state index contributed by atoms with van der Waals surface area (Å²) in [5.41, 5.74) is 2.01. The van der Waals surface area contributed by atoms with Crippen molar-refractivity contribution < 1.29 is 14.6 Å². The zero-order chi connectivity index (χ0) is 20.3. The Bertz CT molecular complexity index is 778. The number of β-amino-alcohol motifs (C(OH)–C–C–N with tert-alkyl or cyclic N) is 1. The molecule has 0 bridgehead atoms. The van der Waals surface area contributed by atoms with Gasteiger partial charge in [0.1, 0.15) is 12.4 Å². The molecule has 4 nitrogen and oxygen atoms in total. The normalized spacial score (nSPS) is 19.1. The largest absolute Gasteiger partial charge is 0.489 e. The molecule has 0 aromatic heterocycles. The molecule has 0 spiro atoms. The van der Waals surface area contributed by atoms with Crippen LogP contribution in [0, 0.1) is 17.3 Å². The number of carbonyl (C=O) groups is 1. The number of likely N-dealkylation sites (tertiary alicyclic amines) is 1. The number of hydrogen-bond donors (Lipinski definition) is 1. The van der Waals surface area contributed by atoms with Gasteiger partial charge in [-0.3, -0.25) is 4.79 Å². The molecule has 1 unspecified atom stereocenters. The smallest absolute Gasteiger partial charge is 0.235 e. The van der Waals surface area contributed by atoms with E-state index >= 15 is 0 Å². The molecule has 2 atom stereocenters. The zero-order valence-electron chi connectivity index (χ0n) is 17.2. The molecule has 28 heavy (non-hydrogen) atoms. The monoisotopic (exact) mass is 380 g/mol. The first kappa shape index (κ1) is 20.4. The Hall–Kier alpha value is -2.33. The van der Waals surface area contributed by atoms with Crippen LogP contribution < -0.4 is 4.74 Å². The van der Waals surface area contributed by atoms with E-state index in [0.29, 0.717) is 19.7 Å². The highest BCUT2D eigenvalue weighted by atomic mass is 16.5. The van der Waals surface area contributed by atoms with Gasteiger partial charge in [-0.05, 0) is 35.6 Å². The lowest BCUT2D eigenvalue weighted by Gasteiger charge is -2.30. The van der Waals surface area contributed by atoms with Gasteiger partial charge in [-0.2, -0.15) is 0 Å². The number of ether oxygens (including phenoxy) is 1. The zero-order valence-corrected chi connectivity index (χ0v) is 17.2. The molecule has 1 fully saturated rings. The Labute approximate surface area is 168 Å². The third-order valence-corrected chi connectivity index (χ3v) is 5.21. The molecular formula is C24H30NO3. The topological polar surface area (TPSA) is 49.8 Å². The van der Waals surface area contributed by atoms with E-state index < -0.39 is 6.10 Å². The summed E-state index contributed by atoms with van der Waals surface area (Å²) < 4.78 is 5.87. The Balaban J connectivity index is 1.75. The standard InChI is InChI=1S/C24H30NO3/c1-17(26)14-25-15-21(24(2,3)4)22(23(25)27)19-10-12-20(13-11-19)28-16-18-8-6-5-7-9-18/h5-13,17,21,26H,14-16H2,1-4H3/t17-,21?/m1/s1. The van der Waals surface area contributed by atoms with Crippen molar-refractivity contribution in [3.63, 3.8) is 0 Å². The van der Waals surface area contributed by atoms with E-state index in [9.17, 15) is 9.90 Å². The van der Waals surface area contributed by atoms with Crippen molar-refractivity contribution in [2.75, 3.05) is 13.1 Å². The van der Waals surface area contributed by atoms with Crippen LogP contribution >= 0.6 is 0 Å². The molecule has 149 valence electrons. The average Bonchev–Trinajstić information content (AvgIpc) is 2.97. The fourth-order valence-electron chi connectivity index (χ4n) is 3.69. The van der Waals surface area contributed by atoms with Crippen molar-refractivity contribution in [2.45, 2.75) is 40.4 Å². The van der Waals surface area contributed by atoms with E-state index in [0.717, 1.165) is 22.8 Å². The van der Waals surface area contributed by atoms with Crippen LogP contribution in [0.25, 0.3) is 0 Å². The lowest BCUT2D eigenvalue weighted by Crippen LogP contribution is -2.33. The average molecular weight is 381 g/mol. The number of aliphatic hydroxyl groups excluding tert-OH is 1. The van der Waals surface area contributed by atoms with Crippen LogP contribution in [0.5, 0.6) is 5.75 Å². The van der Waals surface area contributed by atoms with Crippen LogP contribution in [0.2, 0.25) is 0 Å². The first-order chi connectivity index (χ1) is 13.3. The van der Waals surface area contributed by atoms with Gasteiger partial charge in [0, 0.05) is 19.0 Å². The third-order valence-electron chi connectivity index (χ3n) is 5.21. The number of benzene rings is 2. The van der Waals surface area contributed by atoms with E-state index in [1.165, 1.54) is 0 Å². The molecule has 1 aliphatic heterocycles. The van der Waals surface area contributed by atoms with Gasteiger partial charge in [-0.25, -0.2) is 0 Å². The van der Waals surface area contributed by atoms with Crippen LogP contribution in [0.1, 0.15) is 38.8 Å². The summed E-state index contributed by atoms with van der Waals surface area (Å²) in [6, 6.07) is 17.8. The number of amides is 1. The van der Waals surface area contributed by atoms with Crippen molar-refractivity contribution in [2.24, 2.45) is 11.3 Å². The minimum absolute atomic E-state index is 0.0266. The molecular weight excluding hydrogens is 350 g/mol. The summed E-state index contributed by atoms with van der Waals surface area (Å²) in [6.07, 6.45) is -0.530. The molecule has 1 radical (unpaired) electrons. The number of hydrogen-bond acceptors (Lipinski definition) is 3. The van der Waals surface area contributed by atoms with Crippen molar-refractivity contribution in [3.05, 3.63) is 71.6 Å². The van der Waals surface area contributed by atoms with E-state index in [4.69, 9.17) is 4.74 Å². The Kier molecular flexibility index (Phi) is 6.09. The first-order valence-electron chi connectivity index (χ1n) is 9.87. The van der Waals surface area contributed by atoms with Crippen LogP contribution in [-0.4, -0.2) is 35.1 Å². The molecule has 2 aromatic carbocycles. The van der Waals surface area contributed by atoms with Gasteiger partial charge < -0.3 is 14.7 Å². The van der Waals surface area contributed by atoms with Gasteiger partial charge >= 0.3 is 0 Å². The Morgan fingerprint density at radius 3 is 2.32 bits per heavy atom. The summed E-state index contributed by atoms with van der Waals surface area (Å²) in [5.74, 6) is 1.77. The lowest BCUT2D eigenvalue weighted by molar-refractivity contribution is -0.127. The maximum absolute atomic E-state index is 13.0. The minimum atomic E-state index is -0.530. The van der Waals surface area contributed by atoms with Gasteiger partial charge in [0.05, 0.1) is 12.0 Å². The molecule has 1 heterocycles. The van der Waals surface area contributed by atoms with Gasteiger partial charge in [-0.1, -0.05) is 63.2 Å². The van der Waals surface area contributed by atoms with E-state index in [2.05, 4.69) is 20.8 Å². The van der Waals surface area contributed by atoms with Crippen LogP contribution in [-0.2, 0) is 11.4 Å². The van der Waals surface area contributed by atoms with Gasteiger partial charge in [0.2, 0.25) is 5.91 Å². The van der Waals surface area contributed by atoms with E-state index in [-0.39, 0.29) is 17.2 Å². The van der Waals surface area contributed by atoms with Gasteiger partial charge in [0.25, 0.3) is 0 Å². The predicted octanol–water partition coefficient (Wildman–Crippen LogP) is 4.07. The van der Waals surface area contributed by atoms with Crippen molar-refractivity contribution >= 4 is 5.91 Å². The second-order valence-corrected chi connectivity index (χ2v) is 8.69. The summed E-state index contributed by atoms with van der Waals surface area (Å²) in [5, 5.41) is 9.75. The predicted molar refractivity (Wildman–Crippen MR) is 111 cm³/mol. The molecule has 2 aromatic rings. The molecule has 1 saturated heterocycles. The summed E-state index contributed by atoms with van der Waals surface area (Å²) in [4.78, 5) is 14.8. The maximum atomic E-state index is 13.0. The molecule has 0 aliphatic carbocycles. The summed E-state index contributed by atoms with van der Waals surface area (Å²) >= 11 is 0. The lowest BCUT2D eigenvalue weighted by atomic mass is 9.72. The van der Waals surface area contributed by atoms with Crippen LogP contribution in [0.4, 0.5) is 0 Å². The molecule has 3 rings (SSSR count). The Morgan fingerprint density at radius 2 is 1.75 bits per heavy atom. The number of aliphatic hydroxyl groups is 1. The quantitative estimate of drug-likeness (QED) is 0.822. The van der Waals surface area contributed by atoms with Crippen LogP contribution in [0.3, 0.4) is 0 Å². The van der Waals surface area contributed by atoms with E-state index in [1.54, 1.807) is 11.8 Å². The fourth-order valence-corrected chi connectivity index (χ4v) is 3.69. The highest BCUT2D eigenvalue weighted by molar-refractivity contribution is 5.97. The second-order valence-electron chi connectivity index (χ2n) is 8.69. The first-order valence-corrected chi connectivity index (χ1v) is 9.87. The van der Waals surface area contributed by atoms with Crippen molar-refractivity contribution in [1.82, 2.24) is 4.90 Å². The molecule has 0 saturated carbocycles. The van der Waals surface area contributed by atoms with Gasteiger partial charge in [0.15, 0.2) is 0 Å². The number of rotatable bonds is 6. The summed E-state index contributed by atoms with van der Waals surface area (Å²) in [6.45, 7) is 9.73. The summed E-state index contributed by atoms with van der Waals surface area (Å²) in [7, 11) is 0. The second kappa shape index (κ2) is 8.36. The molecule has 1 aliphatic rings. The SMILES string of the molecule is C[C@@H](O)CN1CC(C(C)(C)C)[C](c2ccc(OCc3ccccc3)cc2)C1=O. The molecule has 1 amide bonds. The highest BCUT2D eigenvalue weighted by Crippen LogP contribution is 2.43. The van der Waals surface area contributed by atoms with Crippen molar-refractivity contribution in [1.29, 1.82) is 0 Å². The van der Waals surface area contributed by atoms with Gasteiger partial charge in [-0.15, -0.1) is 0 Å². The number of nitrogens with zero attached hydrogens (tertiary/aromatic N) is 1. The Morgan fingerprint density at radius 1 is 1.11 bits per heavy atom. The fraction of sp³-hybridized carbons (Fsp3) is 0.417.